The molecule has 225 valence electrons. The van der Waals surface area contributed by atoms with Gasteiger partial charge in [-0.25, -0.2) is 0 Å². The van der Waals surface area contributed by atoms with E-state index in [-0.39, 0.29) is 42.5 Å². The maximum atomic E-state index is 11.5. The number of benzene rings is 2. The summed E-state index contributed by atoms with van der Waals surface area (Å²) in [4.78, 5) is 16.3. The van der Waals surface area contributed by atoms with Crippen molar-refractivity contribution in [1.82, 2.24) is 4.98 Å². The van der Waals surface area contributed by atoms with Crippen LogP contribution in [0, 0.1) is 23.8 Å². The van der Waals surface area contributed by atoms with Crippen LogP contribution < -0.4 is 0 Å². The molecule has 1 N–H and O–H groups in total. The molecule has 4 heteroatoms. The molecule has 1 fully saturated rings. The van der Waals surface area contributed by atoms with Gasteiger partial charge in [0, 0.05) is 43.2 Å². The fourth-order valence-corrected chi connectivity index (χ4v) is 4.84. The predicted molar refractivity (Wildman–Crippen MR) is 170 cm³/mol. The van der Waals surface area contributed by atoms with Crippen molar-refractivity contribution < 1.29 is 30.0 Å². The first-order valence-corrected chi connectivity index (χ1v) is 14.9. The van der Waals surface area contributed by atoms with E-state index < -0.39 is 5.41 Å². The van der Waals surface area contributed by atoms with Crippen molar-refractivity contribution in [3.8, 4) is 11.3 Å². The first kappa shape index (κ1) is 34.9. The Morgan fingerprint density at radius 1 is 0.878 bits per heavy atom. The van der Waals surface area contributed by atoms with Crippen molar-refractivity contribution in [2.45, 2.75) is 113 Å². The number of aliphatic hydroxyl groups excluding tert-OH is 1. The second-order valence-electron chi connectivity index (χ2n) is 14.6. The third kappa shape index (κ3) is 9.90. The van der Waals surface area contributed by atoms with Crippen LogP contribution in [0.25, 0.3) is 22.0 Å². The minimum Gasteiger partial charge on any atom is -0.512 e. The third-order valence-electron chi connectivity index (χ3n) is 7.74. The summed E-state index contributed by atoms with van der Waals surface area (Å²) in [7, 11) is 0. The maximum absolute atomic E-state index is 11.5. The quantitative estimate of drug-likeness (QED) is 0.166. The number of aryl methyl sites for hydroxylation is 1. The van der Waals surface area contributed by atoms with Crippen molar-refractivity contribution in [3.63, 3.8) is 0 Å². The van der Waals surface area contributed by atoms with Crippen LogP contribution in [0.1, 0.15) is 117 Å². The molecular weight excluding hydrogens is 683 g/mol. The number of ketones is 1. The first-order chi connectivity index (χ1) is 18.4. The summed E-state index contributed by atoms with van der Waals surface area (Å²) in [6, 6.07) is 17.2. The van der Waals surface area contributed by atoms with E-state index in [2.05, 4.69) is 70.2 Å². The maximum Gasteiger partial charge on any atom is 0.164 e. The summed E-state index contributed by atoms with van der Waals surface area (Å²) in [5.74, 6) is 0.842. The van der Waals surface area contributed by atoms with Crippen LogP contribution in [0.3, 0.4) is 0 Å². The summed E-state index contributed by atoms with van der Waals surface area (Å²) in [6.45, 7) is 20.0. The minimum absolute atomic E-state index is 0. The number of rotatable bonds is 3. The third-order valence-corrected chi connectivity index (χ3v) is 7.74. The van der Waals surface area contributed by atoms with Gasteiger partial charge in [-0.15, -0.1) is 34.9 Å². The molecule has 1 aromatic heterocycles. The van der Waals surface area contributed by atoms with Gasteiger partial charge in [-0.2, -0.15) is 0 Å². The van der Waals surface area contributed by atoms with Crippen molar-refractivity contribution in [2.24, 2.45) is 10.8 Å². The monoisotopic (exact) mass is 733 g/mol. The summed E-state index contributed by atoms with van der Waals surface area (Å²) >= 11 is 0. The normalized spacial score (nSPS) is 15.1. The van der Waals surface area contributed by atoms with Crippen molar-refractivity contribution in [3.05, 3.63) is 77.2 Å². The van der Waals surface area contributed by atoms with Crippen molar-refractivity contribution in [2.75, 3.05) is 0 Å². The van der Waals surface area contributed by atoms with Gasteiger partial charge < -0.3 is 10.1 Å². The molecular formula is C37H50IrNO2-. The van der Waals surface area contributed by atoms with E-state index in [0.717, 1.165) is 17.2 Å². The van der Waals surface area contributed by atoms with Gasteiger partial charge in [0.2, 0.25) is 0 Å². The summed E-state index contributed by atoms with van der Waals surface area (Å²) in [5, 5.41) is 12.1. The molecule has 0 saturated heterocycles. The molecule has 41 heavy (non-hydrogen) atoms. The zero-order valence-corrected chi connectivity index (χ0v) is 29.3. The molecule has 0 amide bonds. The Kier molecular flexibility index (Phi) is 11.7. The zero-order valence-electron chi connectivity index (χ0n) is 26.9. The number of aromatic nitrogens is 1. The van der Waals surface area contributed by atoms with Crippen LogP contribution >= 0.6 is 0 Å². The van der Waals surface area contributed by atoms with Crippen LogP contribution in [0.2, 0.25) is 0 Å². The number of aliphatic hydroxyl groups is 1. The Labute approximate surface area is 262 Å². The van der Waals surface area contributed by atoms with Crippen LogP contribution in [-0.2, 0) is 30.3 Å². The fourth-order valence-electron chi connectivity index (χ4n) is 4.84. The van der Waals surface area contributed by atoms with Crippen LogP contribution in [-0.4, -0.2) is 15.9 Å². The Balaban J connectivity index is 0.000000360. The van der Waals surface area contributed by atoms with E-state index in [1.165, 1.54) is 65.6 Å². The number of nitrogens with zero attached hydrogens (tertiary/aromatic N) is 1. The molecule has 3 nitrogen and oxygen atoms in total. The van der Waals surface area contributed by atoms with Crippen LogP contribution in [0.4, 0.5) is 0 Å². The van der Waals surface area contributed by atoms with Gasteiger partial charge in [0.05, 0.1) is 0 Å². The van der Waals surface area contributed by atoms with Gasteiger partial charge in [0.15, 0.2) is 5.78 Å². The molecule has 1 saturated carbocycles. The molecule has 4 rings (SSSR count). The summed E-state index contributed by atoms with van der Waals surface area (Å²) < 4.78 is 0. The van der Waals surface area contributed by atoms with Crippen LogP contribution in [0.15, 0.2) is 54.4 Å². The molecule has 0 atom stereocenters. The largest absolute Gasteiger partial charge is 0.512 e. The summed E-state index contributed by atoms with van der Waals surface area (Å²) in [6.07, 6.45) is 10.2. The predicted octanol–water partition coefficient (Wildman–Crippen LogP) is 10.4. The van der Waals surface area contributed by atoms with E-state index in [9.17, 15) is 9.90 Å². The number of hydrogen-bond acceptors (Lipinski definition) is 3. The number of carbonyl (C=O) groups excluding carboxylic acids is 1. The molecule has 1 heterocycles. The first-order valence-electron chi connectivity index (χ1n) is 14.9. The molecule has 1 aliphatic carbocycles. The van der Waals surface area contributed by atoms with Gasteiger partial charge in [0.1, 0.15) is 5.76 Å². The van der Waals surface area contributed by atoms with Gasteiger partial charge in [0.25, 0.3) is 0 Å². The van der Waals surface area contributed by atoms with Gasteiger partial charge in [-0.05, 0) is 52.3 Å². The number of fused-ring (bicyclic) bond motifs is 1. The average molecular weight is 733 g/mol. The molecule has 0 spiro atoms. The number of carbonyl (C=O) groups is 1. The van der Waals surface area contributed by atoms with E-state index in [0.29, 0.717) is 0 Å². The number of hydrogen-bond donors (Lipinski definition) is 1. The Morgan fingerprint density at radius 2 is 1.51 bits per heavy atom. The molecule has 0 aliphatic heterocycles. The van der Waals surface area contributed by atoms with Crippen molar-refractivity contribution in [1.29, 1.82) is 0 Å². The zero-order chi connectivity index (χ0) is 29.9. The molecule has 0 bridgehead atoms. The molecule has 1 radical (unpaired) electrons. The second kappa shape index (κ2) is 13.8. The average Bonchev–Trinajstić information content (AvgIpc) is 2.87. The smallest absolute Gasteiger partial charge is 0.164 e. The summed E-state index contributed by atoms with van der Waals surface area (Å²) in [5.41, 5.74) is 5.48. The molecule has 2 aromatic carbocycles. The standard InChI is InChI=1S/C26H30N.C11H20O2.Ir/c1-18-12-22(15-24(13-18)26(2,3)4)25-16-21-11-10-20(14-23(21)17-27-25)19-8-6-5-7-9-19;1-10(2,3)8(12)7-9(13)11(4,5)6;/h10-11,13-17,19H,5-9H2,1-4H3;7,12H,1-6H3;/q-1;;/b;8-7-;. The van der Waals surface area contributed by atoms with E-state index in [4.69, 9.17) is 4.98 Å². The van der Waals surface area contributed by atoms with E-state index >= 15 is 0 Å². The Bertz CT molecular complexity index is 1360. The topological polar surface area (TPSA) is 50.2 Å². The Hall–Kier alpha value is -2.29. The second-order valence-corrected chi connectivity index (χ2v) is 14.6. The Morgan fingerprint density at radius 3 is 2.07 bits per heavy atom. The van der Waals surface area contributed by atoms with Crippen LogP contribution in [0.5, 0.6) is 0 Å². The van der Waals surface area contributed by atoms with Crippen molar-refractivity contribution >= 4 is 16.6 Å². The minimum atomic E-state index is -0.417. The molecule has 3 aromatic rings. The fraction of sp³-hybridized carbons (Fsp3) is 0.514. The molecule has 0 unspecified atom stereocenters. The van der Waals surface area contributed by atoms with Gasteiger partial charge in [-0.3, -0.25) is 4.79 Å². The molecule has 1 aliphatic rings. The van der Waals surface area contributed by atoms with E-state index in [1.807, 2.05) is 47.7 Å². The SMILES string of the molecule is CC(C)(C)C(=O)/C=C(\O)C(C)(C)C.Cc1[c-]c(-c2cc3ccc(C4CCCCC4)cc3cn2)cc(C(C)(C)C)c1.[Ir]. The number of allylic oxidation sites excluding steroid dienone is 2. The van der Waals surface area contributed by atoms with Gasteiger partial charge in [-0.1, -0.05) is 107 Å². The number of pyridine rings is 1. The van der Waals surface area contributed by atoms with E-state index in [1.54, 1.807) is 0 Å². The van der Waals surface area contributed by atoms with Gasteiger partial charge >= 0.3 is 0 Å².